The van der Waals surface area contributed by atoms with E-state index < -0.39 is 5.60 Å². The highest BCUT2D eigenvalue weighted by Gasteiger charge is 2.52. The van der Waals surface area contributed by atoms with E-state index in [1.807, 2.05) is 36.4 Å². The number of para-hydroxylation sites is 2. The largest absolute Gasteiger partial charge is 0.441 e. The smallest absolute Gasteiger partial charge is 0.340 e. The minimum atomic E-state index is -1.01. The maximum absolute atomic E-state index is 13.5. The standard InChI is InChI=1S/C42H34N2O2/c1-3-43(32-20-18-29(2)19-21-32)35-22-24-38-30(27-35)26-31-28-36(44(33-12-6-4-7-13-33)34-14-8-5-9-15-34)23-25-39(31)42(38)40-17-11-10-16-37(40)41(45)46-42/h4-25,27-28H,3,26H2,1-2H3. The molecule has 0 aromatic heterocycles. The highest BCUT2D eigenvalue weighted by atomic mass is 16.6. The lowest BCUT2D eigenvalue weighted by atomic mass is 9.71. The first-order chi connectivity index (χ1) is 22.6. The maximum atomic E-state index is 13.5. The predicted octanol–water partition coefficient (Wildman–Crippen LogP) is 9.99. The topological polar surface area (TPSA) is 32.8 Å². The van der Waals surface area contributed by atoms with Crippen molar-refractivity contribution in [2.24, 2.45) is 0 Å². The molecule has 1 unspecified atom stereocenters. The van der Waals surface area contributed by atoms with Gasteiger partial charge in [-0.05, 0) is 98.1 Å². The van der Waals surface area contributed by atoms with E-state index in [4.69, 9.17) is 4.74 Å². The molecule has 0 bridgehead atoms. The third-order valence-corrected chi connectivity index (χ3v) is 9.35. The minimum Gasteiger partial charge on any atom is -0.441 e. The molecular formula is C42H34N2O2. The Balaban J connectivity index is 1.32. The second kappa shape index (κ2) is 11.1. The summed E-state index contributed by atoms with van der Waals surface area (Å²) < 4.78 is 6.54. The molecule has 1 aliphatic heterocycles. The molecular weight excluding hydrogens is 564 g/mol. The van der Waals surface area contributed by atoms with E-state index in [1.165, 1.54) is 5.56 Å². The number of aryl methyl sites for hydroxylation is 1. The SMILES string of the molecule is CCN(c1ccc(C)cc1)c1ccc2c(c1)Cc1cc(N(c3ccccc3)c3ccccc3)ccc1C21OC(=O)c2ccccc21. The number of fused-ring (bicyclic) bond motifs is 6. The highest BCUT2D eigenvalue weighted by molar-refractivity contribution is 5.97. The molecule has 4 heteroatoms. The summed E-state index contributed by atoms with van der Waals surface area (Å²) in [5, 5.41) is 0. The van der Waals surface area contributed by atoms with E-state index in [0.29, 0.717) is 5.56 Å². The van der Waals surface area contributed by atoms with Gasteiger partial charge in [-0.3, -0.25) is 0 Å². The Kier molecular flexibility index (Phi) is 6.72. The second-order valence-corrected chi connectivity index (χ2v) is 12.1. The van der Waals surface area contributed by atoms with Gasteiger partial charge in [0.25, 0.3) is 0 Å². The summed E-state index contributed by atoms with van der Waals surface area (Å²) in [6.07, 6.45) is 0.719. The van der Waals surface area contributed by atoms with Gasteiger partial charge in [0.15, 0.2) is 5.60 Å². The van der Waals surface area contributed by atoms with Crippen LogP contribution < -0.4 is 9.80 Å². The lowest BCUT2D eigenvalue weighted by molar-refractivity contribution is 0.0241. The Bertz CT molecular complexity index is 2030. The summed E-state index contributed by atoms with van der Waals surface area (Å²) in [6, 6.07) is 50.6. The van der Waals surface area contributed by atoms with Crippen LogP contribution in [0.5, 0.6) is 0 Å². The van der Waals surface area contributed by atoms with Crippen molar-refractivity contribution in [3.63, 3.8) is 0 Å². The minimum absolute atomic E-state index is 0.285. The van der Waals surface area contributed by atoms with Crippen LogP contribution in [0.15, 0.2) is 146 Å². The van der Waals surface area contributed by atoms with Crippen LogP contribution in [-0.2, 0) is 16.8 Å². The first kappa shape index (κ1) is 27.9. The van der Waals surface area contributed by atoms with Gasteiger partial charge in [0, 0.05) is 51.7 Å². The quantitative estimate of drug-likeness (QED) is 0.179. The van der Waals surface area contributed by atoms with E-state index in [-0.39, 0.29) is 5.97 Å². The fourth-order valence-corrected chi connectivity index (χ4v) is 7.25. The van der Waals surface area contributed by atoms with Crippen LogP contribution in [0.1, 0.15) is 50.7 Å². The van der Waals surface area contributed by atoms with Crippen LogP contribution in [0.25, 0.3) is 0 Å². The molecule has 224 valence electrons. The van der Waals surface area contributed by atoms with Crippen molar-refractivity contribution in [2.75, 3.05) is 16.3 Å². The number of rotatable bonds is 6. The zero-order chi connectivity index (χ0) is 31.3. The van der Waals surface area contributed by atoms with Crippen LogP contribution >= 0.6 is 0 Å². The van der Waals surface area contributed by atoms with Crippen molar-refractivity contribution in [3.8, 4) is 0 Å². The summed E-state index contributed by atoms with van der Waals surface area (Å²) >= 11 is 0. The van der Waals surface area contributed by atoms with E-state index in [0.717, 1.165) is 69.2 Å². The average Bonchev–Trinajstić information content (AvgIpc) is 3.39. The van der Waals surface area contributed by atoms with E-state index >= 15 is 0 Å². The molecule has 1 aliphatic carbocycles. The summed E-state index contributed by atoms with van der Waals surface area (Å²) in [4.78, 5) is 18.1. The van der Waals surface area contributed by atoms with Crippen molar-refractivity contribution in [1.82, 2.24) is 0 Å². The number of benzene rings is 6. The molecule has 0 N–H and O–H groups in total. The van der Waals surface area contributed by atoms with Crippen molar-refractivity contribution >= 4 is 34.4 Å². The molecule has 46 heavy (non-hydrogen) atoms. The number of hydrogen-bond acceptors (Lipinski definition) is 4. The van der Waals surface area contributed by atoms with Gasteiger partial charge >= 0.3 is 5.97 Å². The number of nitrogens with zero attached hydrogens (tertiary/aromatic N) is 2. The molecule has 1 heterocycles. The van der Waals surface area contributed by atoms with Gasteiger partial charge in [0.2, 0.25) is 0 Å². The Labute approximate surface area is 270 Å². The van der Waals surface area contributed by atoms with Crippen molar-refractivity contribution < 1.29 is 9.53 Å². The van der Waals surface area contributed by atoms with Gasteiger partial charge in [0.05, 0.1) is 5.56 Å². The molecule has 6 aromatic rings. The number of anilines is 5. The predicted molar refractivity (Wildman–Crippen MR) is 186 cm³/mol. The Morgan fingerprint density at radius 1 is 0.587 bits per heavy atom. The molecule has 1 atom stereocenters. The van der Waals surface area contributed by atoms with Gasteiger partial charge in [-0.15, -0.1) is 0 Å². The third kappa shape index (κ3) is 4.40. The maximum Gasteiger partial charge on any atom is 0.340 e. The lowest BCUT2D eigenvalue weighted by Gasteiger charge is -2.38. The van der Waals surface area contributed by atoms with E-state index in [2.05, 4.69) is 133 Å². The van der Waals surface area contributed by atoms with Crippen LogP contribution in [-0.4, -0.2) is 12.5 Å². The normalized spacial score (nSPS) is 15.9. The zero-order valence-electron chi connectivity index (χ0n) is 26.0. The number of carbonyl (C=O) groups excluding carboxylic acids is 1. The fourth-order valence-electron chi connectivity index (χ4n) is 7.25. The summed E-state index contributed by atoms with van der Waals surface area (Å²) in [5.74, 6) is -0.285. The molecule has 0 radical (unpaired) electrons. The van der Waals surface area contributed by atoms with Gasteiger partial charge in [-0.2, -0.15) is 0 Å². The zero-order valence-corrected chi connectivity index (χ0v) is 26.0. The van der Waals surface area contributed by atoms with Crippen LogP contribution in [0.4, 0.5) is 28.4 Å². The molecule has 4 nitrogen and oxygen atoms in total. The number of ether oxygens (including phenoxy) is 1. The Morgan fingerprint density at radius 2 is 1.13 bits per heavy atom. The highest BCUT2D eigenvalue weighted by Crippen LogP contribution is 2.53. The molecule has 0 saturated heterocycles. The fraction of sp³-hybridized carbons (Fsp3) is 0.119. The molecule has 2 aliphatic rings. The first-order valence-electron chi connectivity index (χ1n) is 15.9. The first-order valence-corrected chi connectivity index (χ1v) is 15.9. The van der Waals surface area contributed by atoms with E-state index in [9.17, 15) is 4.79 Å². The number of hydrogen-bond donors (Lipinski definition) is 0. The molecule has 8 rings (SSSR count). The molecule has 0 amide bonds. The second-order valence-electron chi connectivity index (χ2n) is 12.1. The van der Waals surface area contributed by atoms with Gasteiger partial charge in [-0.1, -0.05) is 84.4 Å². The Morgan fingerprint density at radius 3 is 1.76 bits per heavy atom. The summed E-state index contributed by atoms with van der Waals surface area (Å²) in [7, 11) is 0. The van der Waals surface area contributed by atoms with Gasteiger partial charge < -0.3 is 14.5 Å². The molecule has 1 spiro atoms. The summed E-state index contributed by atoms with van der Waals surface area (Å²) in [6.45, 7) is 5.12. The lowest BCUT2D eigenvalue weighted by Crippen LogP contribution is -2.35. The van der Waals surface area contributed by atoms with Crippen molar-refractivity contribution in [1.29, 1.82) is 0 Å². The number of esters is 1. The van der Waals surface area contributed by atoms with Crippen molar-refractivity contribution in [2.45, 2.75) is 25.9 Å². The summed E-state index contributed by atoms with van der Waals surface area (Å²) in [5.41, 5.74) is 11.6. The molecule has 0 saturated carbocycles. The van der Waals surface area contributed by atoms with Gasteiger partial charge in [-0.25, -0.2) is 4.79 Å². The van der Waals surface area contributed by atoms with Crippen LogP contribution in [0.3, 0.4) is 0 Å². The van der Waals surface area contributed by atoms with Crippen LogP contribution in [0.2, 0.25) is 0 Å². The van der Waals surface area contributed by atoms with E-state index in [1.54, 1.807) is 0 Å². The Hall–Kier alpha value is -5.61. The average molecular weight is 599 g/mol. The third-order valence-electron chi connectivity index (χ3n) is 9.35. The monoisotopic (exact) mass is 598 g/mol. The van der Waals surface area contributed by atoms with Gasteiger partial charge in [0.1, 0.15) is 0 Å². The molecule has 6 aromatic carbocycles. The van der Waals surface area contributed by atoms with Crippen molar-refractivity contribution in [3.05, 3.63) is 185 Å². The number of carbonyl (C=O) groups is 1. The molecule has 0 fully saturated rings. The van der Waals surface area contributed by atoms with Crippen LogP contribution in [0, 0.1) is 6.92 Å².